The second kappa shape index (κ2) is 7.25. The van der Waals surface area contributed by atoms with Crippen LogP contribution in [0.25, 0.3) is 0 Å². The van der Waals surface area contributed by atoms with Crippen LogP contribution in [-0.2, 0) is 14.6 Å². The van der Waals surface area contributed by atoms with E-state index in [0.717, 1.165) is 5.56 Å². The Balaban J connectivity index is 2.52. The molecular formula is C13H19NO4S. The molecule has 6 heteroatoms. The van der Waals surface area contributed by atoms with Crippen molar-refractivity contribution >= 4 is 15.7 Å². The zero-order chi connectivity index (χ0) is 14.3. The fourth-order valence-corrected chi connectivity index (χ4v) is 2.86. The second-order valence-corrected chi connectivity index (χ2v) is 6.55. The highest BCUT2D eigenvalue weighted by molar-refractivity contribution is 7.92. The molecule has 0 spiro atoms. The van der Waals surface area contributed by atoms with Gasteiger partial charge in [0.2, 0.25) is 5.91 Å². The first kappa shape index (κ1) is 15.7. The average molecular weight is 285 g/mol. The number of carbonyl (C=O) groups excluding carboxylic acids is 1. The van der Waals surface area contributed by atoms with Crippen LogP contribution >= 0.6 is 0 Å². The lowest BCUT2D eigenvalue weighted by molar-refractivity contribution is -0.119. The summed E-state index contributed by atoms with van der Waals surface area (Å²) in [5.74, 6) is -1.23. The SMILES string of the molecule is CC(NC(=O)CS(=O)(=O)CCCO)c1ccccc1. The minimum Gasteiger partial charge on any atom is -0.396 e. The van der Waals surface area contributed by atoms with Crippen LogP contribution in [0.1, 0.15) is 24.9 Å². The molecule has 1 unspecified atom stereocenters. The molecule has 1 amide bonds. The molecule has 0 radical (unpaired) electrons. The number of aliphatic hydroxyl groups is 1. The lowest BCUT2D eigenvalue weighted by Crippen LogP contribution is -2.33. The van der Waals surface area contributed by atoms with Gasteiger partial charge in [-0.05, 0) is 18.9 Å². The number of amides is 1. The van der Waals surface area contributed by atoms with E-state index in [1.54, 1.807) is 6.92 Å². The number of sulfone groups is 1. The summed E-state index contributed by atoms with van der Waals surface area (Å²) in [5, 5.41) is 11.2. The van der Waals surface area contributed by atoms with Gasteiger partial charge in [0.15, 0.2) is 9.84 Å². The number of hydrogen-bond acceptors (Lipinski definition) is 4. The average Bonchev–Trinajstić information content (AvgIpc) is 2.36. The molecule has 0 fully saturated rings. The van der Waals surface area contributed by atoms with Gasteiger partial charge in [-0.15, -0.1) is 0 Å². The topological polar surface area (TPSA) is 83.5 Å². The van der Waals surface area contributed by atoms with Crippen LogP contribution in [0.15, 0.2) is 30.3 Å². The molecule has 106 valence electrons. The van der Waals surface area contributed by atoms with Crippen LogP contribution in [0.2, 0.25) is 0 Å². The Morgan fingerprint density at radius 2 is 1.95 bits per heavy atom. The molecular weight excluding hydrogens is 266 g/mol. The number of carbonyl (C=O) groups is 1. The van der Waals surface area contributed by atoms with Gasteiger partial charge in [0.1, 0.15) is 5.75 Å². The number of benzene rings is 1. The van der Waals surface area contributed by atoms with Crippen molar-refractivity contribution in [3.63, 3.8) is 0 Å². The van der Waals surface area contributed by atoms with Crippen molar-refractivity contribution in [3.8, 4) is 0 Å². The van der Waals surface area contributed by atoms with E-state index in [0.29, 0.717) is 0 Å². The maximum Gasteiger partial charge on any atom is 0.235 e. The van der Waals surface area contributed by atoms with Gasteiger partial charge in [-0.2, -0.15) is 0 Å². The minimum absolute atomic E-state index is 0.157. The Bertz CT molecular complexity index is 499. The van der Waals surface area contributed by atoms with Gasteiger partial charge in [-0.25, -0.2) is 8.42 Å². The fourth-order valence-electron chi connectivity index (χ4n) is 1.66. The lowest BCUT2D eigenvalue weighted by atomic mass is 10.1. The summed E-state index contributed by atoms with van der Waals surface area (Å²) in [6, 6.07) is 9.08. The Hall–Kier alpha value is -1.40. The third-order valence-corrected chi connectivity index (χ3v) is 4.25. The van der Waals surface area contributed by atoms with Crippen molar-refractivity contribution in [1.82, 2.24) is 5.32 Å². The van der Waals surface area contributed by atoms with Crippen LogP contribution in [0.4, 0.5) is 0 Å². The van der Waals surface area contributed by atoms with Crippen molar-refractivity contribution in [2.45, 2.75) is 19.4 Å². The van der Waals surface area contributed by atoms with E-state index in [1.165, 1.54) is 0 Å². The molecule has 1 aromatic carbocycles. The van der Waals surface area contributed by atoms with Crippen molar-refractivity contribution in [3.05, 3.63) is 35.9 Å². The van der Waals surface area contributed by atoms with E-state index >= 15 is 0 Å². The fraction of sp³-hybridized carbons (Fsp3) is 0.462. The molecule has 0 aliphatic rings. The van der Waals surface area contributed by atoms with Crippen LogP contribution in [0.3, 0.4) is 0 Å². The molecule has 0 saturated heterocycles. The number of hydrogen-bond donors (Lipinski definition) is 2. The summed E-state index contributed by atoms with van der Waals surface area (Å²) in [6.07, 6.45) is 0.157. The Morgan fingerprint density at radius 3 is 2.53 bits per heavy atom. The Labute approximate surface area is 113 Å². The van der Waals surface area contributed by atoms with E-state index in [4.69, 9.17) is 5.11 Å². The summed E-state index contributed by atoms with van der Waals surface area (Å²) in [5.41, 5.74) is 0.920. The zero-order valence-electron chi connectivity index (χ0n) is 10.9. The third kappa shape index (κ3) is 5.85. The molecule has 1 atom stereocenters. The summed E-state index contributed by atoms with van der Waals surface area (Å²) in [4.78, 5) is 11.7. The molecule has 0 heterocycles. The van der Waals surface area contributed by atoms with Crippen molar-refractivity contribution in [2.24, 2.45) is 0 Å². The third-order valence-electron chi connectivity index (χ3n) is 2.64. The van der Waals surface area contributed by atoms with Crippen LogP contribution < -0.4 is 5.32 Å². The van der Waals surface area contributed by atoms with Gasteiger partial charge in [0.05, 0.1) is 11.8 Å². The molecule has 0 aliphatic heterocycles. The van der Waals surface area contributed by atoms with E-state index in [2.05, 4.69) is 5.32 Å². The van der Waals surface area contributed by atoms with Gasteiger partial charge in [-0.3, -0.25) is 4.79 Å². The highest BCUT2D eigenvalue weighted by atomic mass is 32.2. The van der Waals surface area contributed by atoms with E-state index in [-0.39, 0.29) is 24.8 Å². The first-order chi connectivity index (χ1) is 8.94. The number of nitrogens with one attached hydrogen (secondary N) is 1. The molecule has 0 bridgehead atoms. The van der Waals surface area contributed by atoms with Crippen molar-refractivity contribution in [2.75, 3.05) is 18.1 Å². The summed E-state index contributed by atoms with van der Waals surface area (Å²) >= 11 is 0. The van der Waals surface area contributed by atoms with E-state index in [9.17, 15) is 13.2 Å². The first-order valence-electron chi connectivity index (χ1n) is 6.10. The van der Waals surface area contributed by atoms with E-state index < -0.39 is 21.5 Å². The molecule has 19 heavy (non-hydrogen) atoms. The molecule has 0 aromatic heterocycles. The maximum absolute atomic E-state index is 11.7. The Morgan fingerprint density at radius 1 is 1.32 bits per heavy atom. The predicted molar refractivity (Wildman–Crippen MR) is 73.4 cm³/mol. The summed E-state index contributed by atoms with van der Waals surface area (Å²) in [7, 11) is -3.44. The largest absolute Gasteiger partial charge is 0.396 e. The van der Waals surface area contributed by atoms with Crippen molar-refractivity contribution < 1.29 is 18.3 Å². The number of aliphatic hydroxyl groups excluding tert-OH is 1. The van der Waals surface area contributed by atoms with Gasteiger partial charge in [0.25, 0.3) is 0 Å². The highest BCUT2D eigenvalue weighted by Gasteiger charge is 2.18. The summed E-state index contributed by atoms with van der Waals surface area (Å²) in [6.45, 7) is 1.61. The molecule has 0 aliphatic carbocycles. The maximum atomic E-state index is 11.7. The van der Waals surface area contributed by atoms with Crippen molar-refractivity contribution in [1.29, 1.82) is 0 Å². The normalized spacial score (nSPS) is 12.9. The smallest absolute Gasteiger partial charge is 0.235 e. The predicted octanol–water partition coefficient (Wildman–Crippen LogP) is 0.661. The second-order valence-electron chi connectivity index (χ2n) is 4.37. The van der Waals surface area contributed by atoms with Gasteiger partial charge in [0, 0.05) is 6.61 Å². The first-order valence-corrected chi connectivity index (χ1v) is 7.92. The van der Waals surface area contributed by atoms with Gasteiger partial charge < -0.3 is 10.4 Å². The van der Waals surface area contributed by atoms with Gasteiger partial charge in [-0.1, -0.05) is 30.3 Å². The molecule has 5 nitrogen and oxygen atoms in total. The van der Waals surface area contributed by atoms with Crippen LogP contribution in [-0.4, -0.2) is 37.5 Å². The minimum atomic E-state index is -3.44. The molecule has 0 saturated carbocycles. The Kier molecular flexibility index (Phi) is 5.98. The zero-order valence-corrected chi connectivity index (χ0v) is 11.7. The van der Waals surface area contributed by atoms with E-state index in [1.807, 2.05) is 30.3 Å². The standard InChI is InChI=1S/C13H19NO4S/c1-11(12-6-3-2-4-7-12)14-13(16)10-19(17,18)9-5-8-15/h2-4,6-7,11,15H,5,8-10H2,1H3,(H,14,16). The number of rotatable bonds is 7. The quantitative estimate of drug-likeness (QED) is 0.771. The molecule has 1 aromatic rings. The lowest BCUT2D eigenvalue weighted by Gasteiger charge is -2.14. The van der Waals surface area contributed by atoms with Crippen LogP contribution in [0.5, 0.6) is 0 Å². The summed E-state index contributed by atoms with van der Waals surface area (Å²) < 4.78 is 23.1. The van der Waals surface area contributed by atoms with Gasteiger partial charge >= 0.3 is 0 Å². The molecule has 1 rings (SSSR count). The van der Waals surface area contributed by atoms with Crippen LogP contribution in [0, 0.1) is 0 Å². The molecule has 2 N–H and O–H groups in total. The monoisotopic (exact) mass is 285 g/mol. The highest BCUT2D eigenvalue weighted by Crippen LogP contribution is 2.10.